The first-order valence-corrected chi connectivity index (χ1v) is 8.13. The van der Waals surface area contributed by atoms with Gasteiger partial charge < -0.3 is 15.4 Å². The quantitative estimate of drug-likeness (QED) is 0.612. The molecule has 120 valence electrons. The van der Waals surface area contributed by atoms with E-state index >= 15 is 0 Å². The van der Waals surface area contributed by atoms with Gasteiger partial charge >= 0.3 is 0 Å². The minimum atomic E-state index is 0.319. The van der Waals surface area contributed by atoms with Gasteiger partial charge in [0.1, 0.15) is 17.5 Å². The standard InChI is InChI=1S/C16H30N4O/c1-5-9-17-15-12-16(20-14(6-2)19-15)18-10-7-8-11-21-13(3)4/h12-13H,5-11H2,1-4H3,(H2,17,18,19,20). The van der Waals surface area contributed by atoms with Gasteiger partial charge in [0.05, 0.1) is 6.10 Å². The number of ether oxygens (including phenoxy) is 1. The Labute approximate surface area is 128 Å². The van der Waals surface area contributed by atoms with Crippen molar-refractivity contribution in [1.29, 1.82) is 0 Å². The van der Waals surface area contributed by atoms with Crippen LogP contribution >= 0.6 is 0 Å². The van der Waals surface area contributed by atoms with E-state index in [-0.39, 0.29) is 0 Å². The summed E-state index contributed by atoms with van der Waals surface area (Å²) in [5.41, 5.74) is 0. The van der Waals surface area contributed by atoms with Crippen molar-refractivity contribution in [2.24, 2.45) is 0 Å². The van der Waals surface area contributed by atoms with Crippen LogP contribution in [-0.4, -0.2) is 35.8 Å². The summed E-state index contributed by atoms with van der Waals surface area (Å²) in [6.07, 6.45) is 4.40. The molecule has 0 amide bonds. The molecule has 5 nitrogen and oxygen atoms in total. The molecule has 1 aromatic heterocycles. The molecular formula is C16H30N4O. The normalized spacial score (nSPS) is 10.9. The third-order valence-electron chi connectivity index (χ3n) is 2.97. The molecule has 0 aliphatic rings. The van der Waals surface area contributed by atoms with E-state index in [4.69, 9.17) is 4.74 Å². The van der Waals surface area contributed by atoms with Crippen LogP contribution in [0.5, 0.6) is 0 Å². The zero-order valence-electron chi connectivity index (χ0n) is 13.9. The summed E-state index contributed by atoms with van der Waals surface area (Å²) >= 11 is 0. The molecule has 5 heteroatoms. The van der Waals surface area contributed by atoms with Crippen molar-refractivity contribution >= 4 is 11.6 Å². The monoisotopic (exact) mass is 294 g/mol. The van der Waals surface area contributed by atoms with Crippen LogP contribution in [-0.2, 0) is 11.2 Å². The summed E-state index contributed by atoms with van der Waals surface area (Å²) in [6.45, 7) is 11.0. The molecule has 0 unspecified atom stereocenters. The third-order valence-corrected chi connectivity index (χ3v) is 2.97. The first-order valence-electron chi connectivity index (χ1n) is 8.13. The molecule has 0 aromatic carbocycles. The fourth-order valence-corrected chi connectivity index (χ4v) is 1.85. The second-order valence-corrected chi connectivity index (χ2v) is 5.39. The fraction of sp³-hybridized carbons (Fsp3) is 0.750. The lowest BCUT2D eigenvalue weighted by molar-refractivity contribution is 0.0765. The Balaban J connectivity index is 2.39. The predicted molar refractivity (Wildman–Crippen MR) is 89.0 cm³/mol. The van der Waals surface area contributed by atoms with E-state index in [1.54, 1.807) is 0 Å². The van der Waals surface area contributed by atoms with Gasteiger partial charge in [0.25, 0.3) is 0 Å². The Morgan fingerprint density at radius 3 is 2.29 bits per heavy atom. The second-order valence-electron chi connectivity index (χ2n) is 5.39. The topological polar surface area (TPSA) is 59.1 Å². The Morgan fingerprint density at radius 1 is 1.05 bits per heavy atom. The number of nitrogens with one attached hydrogen (secondary N) is 2. The highest BCUT2D eigenvalue weighted by Gasteiger charge is 2.03. The lowest BCUT2D eigenvalue weighted by atomic mass is 10.3. The first-order chi connectivity index (χ1) is 10.2. The van der Waals surface area contributed by atoms with Crippen molar-refractivity contribution in [1.82, 2.24) is 9.97 Å². The van der Waals surface area contributed by atoms with Crippen LogP contribution in [0.1, 0.15) is 52.8 Å². The van der Waals surface area contributed by atoms with Gasteiger partial charge in [-0.05, 0) is 33.1 Å². The number of unbranched alkanes of at least 4 members (excludes halogenated alkanes) is 1. The van der Waals surface area contributed by atoms with Gasteiger partial charge in [0.15, 0.2) is 0 Å². The van der Waals surface area contributed by atoms with Crippen molar-refractivity contribution < 1.29 is 4.74 Å². The lowest BCUT2D eigenvalue weighted by Gasteiger charge is -2.11. The maximum absolute atomic E-state index is 5.53. The van der Waals surface area contributed by atoms with Gasteiger partial charge in [-0.3, -0.25) is 0 Å². The molecular weight excluding hydrogens is 264 g/mol. The fourth-order valence-electron chi connectivity index (χ4n) is 1.85. The van der Waals surface area contributed by atoms with E-state index in [9.17, 15) is 0 Å². The predicted octanol–water partition coefficient (Wildman–Crippen LogP) is 3.48. The third kappa shape index (κ3) is 7.85. The van der Waals surface area contributed by atoms with E-state index in [1.165, 1.54) is 0 Å². The van der Waals surface area contributed by atoms with Crippen LogP contribution in [0.4, 0.5) is 11.6 Å². The van der Waals surface area contributed by atoms with Crippen LogP contribution in [0, 0.1) is 0 Å². The van der Waals surface area contributed by atoms with Gasteiger partial charge in [-0.15, -0.1) is 0 Å². The highest BCUT2D eigenvalue weighted by atomic mass is 16.5. The second kappa shape index (κ2) is 10.4. The van der Waals surface area contributed by atoms with Gasteiger partial charge in [0, 0.05) is 32.2 Å². The van der Waals surface area contributed by atoms with E-state index < -0.39 is 0 Å². The molecule has 0 atom stereocenters. The van der Waals surface area contributed by atoms with E-state index in [1.807, 2.05) is 6.07 Å². The van der Waals surface area contributed by atoms with Crippen LogP contribution in [0.25, 0.3) is 0 Å². The average molecular weight is 294 g/mol. The van der Waals surface area contributed by atoms with Crippen molar-refractivity contribution in [3.8, 4) is 0 Å². The lowest BCUT2D eigenvalue weighted by Crippen LogP contribution is -2.10. The Morgan fingerprint density at radius 2 is 1.71 bits per heavy atom. The van der Waals surface area contributed by atoms with E-state index in [2.05, 4.69) is 48.3 Å². The van der Waals surface area contributed by atoms with E-state index in [0.29, 0.717) is 6.10 Å². The Hall–Kier alpha value is -1.36. The van der Waals surface area contributed by atoms with Gasteiger partial charge in [-0.1, -0.05) is 13.8 Å². The summed E-state index contributed by atoms with van der Waals surface area (Å²) in [5.74, 6) is 2.70. The molecule has 0 bridgehead atoms. The molecule has 21 heavy (non-hydrogen) atoms. The van der Waals surface area contributed by atoms with Crippen LogP contribution < -0.4 is 10.6 Å². The molecule has 0 spiro atoms. The average Bonchev–Trinajstić information content (AvgIpc) is 2.48. The summed E-state index contributed by atoms with van der Waals surface area (Å²) in [5, 5.41) is 6.70. The zero-order chi connectivity index (χ0) is 15.5. The van der Waals surface area contributed by atoms with Crippen LogP contribution in [0.15, 0.2) is 6.07 Å². The number of anilines is 2. The van der Waals surface area contributed by atoms with Crippen molar-refractivity contribution in [2.45, 2.75) is 59.5 Å². The van der Waals surface area contributed by atoms with Crippen LogP contribution in [0.3, 0.4) is 0 Å². The Kier molecular flexibility index (Phi) is 8.74. The molecule has 0 saturated heterocycles. The van der Waals surface area contributed by atoms with Gasteiger partial charge in [-0.25, -0.2) is 9.97 Å². The Bertz CT molecular complexity index is 396. The molecule has 0 fully saturated rings. The number of hydrogen-bond donors (Lipinski definition) is 2. The van der Waals surface area contributed by atoms with E-state index in [0.717, 1.165) is 62.8 Å². The minimum absolute atomic E-state index is 0.319. The zero-order valence-corrected chi connectivity index (χ0v) is 13.9. The number of hydrogen-bond acceptors (Lipinski definition) is 5. The van der Waals surface area contributed by atoms with Crippen molar-refractivity contribution in [3.63, 3.8) is 0 Å². The maximum Gasteiger partial charge on any atom is 0.132 e. The summed E-state index contributed by atoms with van der Waals surface area (Å²) in [4.78, 5) is 9.00. The highest BCUT2D eigenvalue weighted by molar-refractivity contribution is 5.47. The van der Waals surface area contributed by atoms with Gasteiger partial charge in [-0.2, -0.15) is 0 Å². The molecule has 2 N–H and O–H groups in total. The molecule has 0 aliphatic carbocycles. The molecule has 0 radical (unpaired) electrons. The highest BCUT2D eigenvalue weighted by Crippen LogP contribution is 2.12. The SMILES string of the molecule is CCCNc1cc(NCCCCOC(C)C)nc(CC)n1. The molecule has 1 rings (SSSR count). The summed E-state index contributed by atoms with van der Waals surface area (Å²) in [7, 11) is 0. The number of aromatic nitrogens is 2. The number of aryl methyl sites for hydroxylation is 1. The molecule has 0 aliphatic heterocycles. The molecule has 0 saturated carbocycles. The smallest absolute Gasteiger partial charge is 0.132 e. The van der Waals surface area contributed by atoms with Gasteiger partial charge in [0.2, 0.25) is 0 Å². The first kappa shape index (κ1) is 17.7. The maximum atomic E-state index is 5.53. The number of nitrogens with zero attached hydrogens (tertiary/aromatic N) is 2. The summed E-state index contributed by atoms with van der Waals surface area (Å²) < 4.78 is 5.53. The van der Waals surface area contributed by atoms with Crippen molar-refractivity contribution in [2.75, 3.05) is 30.3 Å². The van der Waals surface area contributed by atoms with Crippen molar-refractivity contribution in [3.05, 3.63) is 11.9 Å². The molecule has 1 heterocycles. The van der Waals surface area contributed by atoms with Crippen LogP contribution in [0.2, 0.25) is 0 Å². The largest absolute Gasteiger partial charge is 0.379 e. The summed E-state index contributed by atoms with van der Waals surface area (Å²) in [6, 6.07) is 1.99. The number of rotatable bonds is 11. The molecule has 1 aromatic rings. The minimum Gasteiger partial charge on any atom is -0.379 e.